The molecule has 0 spiro atoms. The number of hydrogen-bond donors (Lipinski definition) is 0. The second kappa shape index (κ2) is 11.9. The van der Waals surface area contributed by atoms with Gasteiger partial charge in [0.05, 0.1) is 25.0 Å². The normalized spacial score (nSPS) is 13.3. The Labute approximate surface area is 232 Å². The minimum atomic E-state index is -0.797. The van der Waals surface area contributed by atoms with Gasteiger partial charge in [-0.25, -0.2) is 0 Å². The molecule has 0 fully saturated rings. The molecule has 3 rings (SSSR count). The van der Waals surface area contributed by atoms with E-state index in [9.17, 15) is 9.59 Å². The summed E-state index contributed by atoms with van der Waals surface area (Å²) in [6.45, 7) is 12.9. The van der Waals surface area contributed by atoms with Gasteiger partial charge in [-0.2, -0.15) is 0 Å². The van der Waals surface area contributed by atoms with Crippen LogP contribution in [0.5, 0.6) is 11.5 Å². The molecule has 3 aromatic rings. The molecule has 6 heteroatoms. The maximum absolute atomic E-state index is 13.2. The molecular weight excluding hydrogens is 492 g/mol. The van der Waals surface area contributed by atoms with Crippen molar-refractivity contribution in [3.05, 3.63) is 94.5 Å². The van der Waals surface area contributed by atoms with Crippen LogP contribution in [0.15, 0.2) is 66.7 Å². The highest BCUT2D eigenvalue weighted by atomic mass is 16.6. The van der Waals surface area contributed by atoms with E-state index in [2.05, 4.69) is 0 Å². The van der Waals surface area contributed by atoms with Crippen molar-refractivity contribution in [2.75, 3.05) is 14.2 Å². The maximum Gasteiger partial charge on any atom is 0.312 e. The molecule has 0 aromatic heterocycles. The number of carbonyl (C=O) groups is 2. The Balaban J connectivity index is 2.24. The van der Waals surface area contributed by atoms with Crippen LogP contribution in [0, 0.1) is 17.8 Å². The number of aryl methyl sites for hydroxylation is 1. The van der Waals surface area contributed by atoms with Crippen LogP contribution in [0.3, 0.4) is 0 Å². The monoisotopic (exact) mass is 532 g/mol. The Morgan fingerprint density at radius 2 is 1.05 bits per heavy atom. The third-order valence-corrected chi connectivity index (χ3v) is 6.33. The topological polar surface area (TPSA) is 71.1 Å². The lowest BCUT2D eigenvalue weighted by atomic mass is 9.89. The van der Waals surface area contributed by atoms with Gasteiger partial charge in [0.15, 0.2) is 23.7 Å². The highest BCUT2D eigenvalue weighted by molar-refractivity contribution is 5.77. The molecule has 3 aromatic carbocycles. The summed E-state index contributed by atoms with van der Waals surface area (Å²) in [7, 11) is 3.13. The molecule has 0 radical (unpaired) electrons. The first kappa shape index (κ1) is 29.8. The third-order valence-electron chi connectivity index (χ3n) is 6.33. The molecule has 0 amide bonds. The second-order valence-electron chi connectivity index (χ2n) is 11.7. The van der Waals surface area contributed by atoms with Gasteiger partial charge >= 0.3 is 11.9 Å². The molecule has 0 saturated carbocycles. The predicted octanol–water partition coefficient (Wildman–Crippen LogP) is 7.37. The van der Waals surface area contributed by atoms with Crippen molar-refractivity contribution in [2.24, 2.45) is 10.8 Å². The summed E-state index contributed by atoms with van der Waals surface area (Å²) in [6, 6.07) is 20.9. The zero-order chi connectivity index (χ0) is 29.0. The van der Waals surface area contributed by atoms with E-state index in [1.807, 2.05) is 103 Å². The number of rotatable bonds is 8. The number of benzene rings is 3. The molecule has 0 saturated heterocycles. The summed E-state index contributed by atoms with van der Waals surface area (Å²) in [4.78, 5) is 26.4. The van der Waals surface area contributed by atoms with Crippen molar-refractivity contribution >= 4 is 11.9 Å². The average molecular weight is 533 g/mol. The van der Waals surface area contributed by atoms with Crippen molar-refractivity contribution < 1.29 is 28.5 Å². The lowest BCUT2D eigenvalue weighted by molar-refractivity contribution is -0.159. The Kier molecular flexibility index (Phi) is 9.10. The van der Waals surface area contributed by atoms with Crippen LogP contribution in [-0.4, -0.2) is 26.2 Å². The molecule has 0 aliphatic rings. The lowest BCUT2D eigenvalue weighted by Crippen LogP contribution is -2.28. The highest BCUT2D eigenvalue weighted by Gasteiger charge is 2.34. The minimum Gasteiger partial charge on any atom is -0.493 e. The summed E-state index contributed by atoms with van der Waals surface area (Å²) in [5.74, 6) is 0.374. The zero-order valence-corrected chi connectivity index (χ0v) is 24.5. The number of hydrogen-bond acceptors (Lipinski definition) is 6. The Morgan fingerprint density at radius 3 is 1.49 bits per heavy atom. The van der Waals surface area contributed by atoms with Crippen molar-refractivity contribution in [2.45, 2.75) is 60.7 Å². The first-order valence-electron chi connectivity index (χ1n) is 13.1. The molecule has 0 aliphatic carbocycles. The number of carbonyl (C=O) groups excluding carboxylic acids is 2. The van der Waals surface area contributed by atoms with Crippen LogP contribution in [-0.2, 0) is 19.1 Å². The first-order chi connectivity index (χ1) is 18.3. The van der Waals surface area contributed by atoms with Crippen LogP contribution in [0.2, 0.25) is 0 Å². The van der Waals surface area contributed by atoms with E-state index in [0.717, 1.165) is 16.7 Å². The molecule has 6 nitrogen and oxygen atoms in total. The lowest BCUT2D eigenvalue weighted by Gasteiger charge is -2.29. The Hall–Kier alpha value is -3.80. The predicted molar refractivity (Wildman–Crippen MR) is 152 cm³/mol. The molecule has 0 N–H and O–H groups in total. The summed E-state index contributed by atoms with van der Waals surface area (Å²) in [5.41, 5.74) is 2.59. The van der Waals surface area contributed by atoms with Gasteiger partial charge in [0.2, 0.25) is 0 Å². The van der Waals surface area contributed by atoms with Gasteiger partial charge in [-0.05, 0) is 66.2 Å². The molecule has 0 bridgehead atoms. The number of methoxy groups -OCH3 is 2. The average Bonchev–Trinajstić information content (AvgIpc) is 2.89. The summed E-state index contributed by atoms with van der Waals surface area (Å²) < 4.78 is 23.4. The van der Waals surface area contributed by atoms with E-state index in [4.69, 9.17) is 18.9 Å². The van der Waals surface area contributed by atoms with Crippen LogP contribution in [0.4, 0.5) is 0 Å². The number of esters is 2. The standard InChI is InChI=1S/C33H40O6/c1-21-14-16-22(17-15-21)28(38-30(34)32(2,3)4)24-12-10-11-13-25(24)29(39-31(35)33(5,6)7)23-18-19-26(36-8)27(20-23)37-9/h10-20,28-29H,1-9H3. The molecule has 0 aliphatic heterocycles. The molecule has 208 valence electrons. The zero-order valence-electron chi connectivity index (χ0n) is 24.5. The van der Waals surface area contributed by atoms with Crippen LogP contribution in [0.1, 0.15) is 81.6 Å². The van der Waals surface area contributed by atoms with Crippen molar-refractivity contribution in [1.29, 1.82) is 0 Å². The van der Waals surface area contributed by atoms with E-state index in [1.165, 1.54) is 0 Å². The fourth-order valence-corrected chi connectivity index (χ4v) is 3.94. The third kappa shape index (κ3) is 7.20. The smallest absolute Gasteiger partial charge is 0.312 e. The van der Waals surface area contributed by atoms with Gasteiger partial charge in [0.1, 0.15) is 0 Å². The quantitative estimate of drug-likeness (QED) is 0.282. The summed E-state index contributed by atoms with van der Waals surface area (Å²) >= 11 is 0. The van der Waals surface area contributed by atoms with Gasteiger partial charge in [-0.3, -0.25) is 9.59 Å². The van der Waals surface area contributed by atoms with E-state index in [-0.39, 0.29) is 11.9 Å². The highest BCUT2D eigenvalue weighted by Crippen LogP contribution is 2.40. The summed E-state index contributed by atoms with van der Waals surface area (Å²) in [6.07, 6.45) is -1.52. The molecule has 2 unspecified atom stereocenters. The fourth-order valence-electron chi connectivity index (χ4n) is 3.94. The Bertz CT molecular complexity index is 1300. The van der Waals surface area contributed by atoms with Gasteiger partial charge in [-0.15, -0.1) is 0 Å². The molecule has 39 heavy (non-hydrogen) atoms. The molecular formula is C33H40O6. The SMILES string of the molecule is COc1ccc(C(OC(=O)C(C)(C)C)c2ccccc2C(OC(=O)C(C)(C)C)c2ccc(C)cc2)cc1OC. The van der Waals surface area contributed by atoms with Crippen LogP contribution in [0.25, 0.3) is 0 Å². The van der Waals surface area contributed by atoms with Gasteiger partial charge < -0.3 is 18.9 Å². The summed E-state index contributed by atoms with van der Waals surface area (Å²) in [5, 5.41) is 0. The largest absolute Gasteiger partial charge is 0.493 e. The van der Waals surface area contributed by atoms with Crippen LogP contribution >= 0.6 is 0 Å². The van der Waals surface area contributed by atoms with Gasteiger partial charge in [0, 0.05) is 16.7 Å². The maximum atomic E-state index is 13.2. The van der Waals surface area contributed by atoms with Crippen molar-refractivity contribution in [3.8, 4) is 11.5 Å². The Morgan fingerprint density at radius 1 is 0.615 bits per heavy atom. The van der Waals surface area contributed by atoms with E-state index in [1.54, 1.807) is 26.4 Å². The van der Waals surface area contributed by atoms with E-state index < -0.39 is 23.0 Å². The second-order valence-corrected chi connectivity index (χ2v) is 11.7. The molecule has 0 heterocycles. The van der Waals surface area contributed by atoms with Crippen LogP contribution < -0.4 is 9.47 Å². The fraction of sp³-hybridized carbons (Fsp3) is 0.394. The molecule has 2 atom stereocenters. The van der Waals surface area contributed by atoms with Crippen molar-refractivity contribution in [3.63, 3.8) is 0 Å². The van der Waals surface area contributed by atoms with Gasteiger partial charge in [0.25, 0.3) is 0 Å². The van der Waals surface area contributed by atoms with Crippen molar-refractivity contribution in [1.82, 2.24) is 0 Å². The number of ether oxygens (including phenoxy) is 4. The first-order valence-corrected chi connectivity index (χ1v) is 13.1. The van der Waals surface area contributed by atoms with E-state index >= 15 is 0 Å². The minimum absolute atomic E-state index is 0.336. The van der Waals surface area contributed by atoms with Gasteiger partial charge in [-0.1, -0.05) is 60.2 Å². The van der Waals surface area contributed by atoms with E-state index in [0.29, 0.717) is 22.6 Å².